The Kier molecular flexibility index (Phi) is 54.4. The van der Waals surface area contributed by atoms with Gasteiger partial charge in [-0.3, -0.25) is 9.59 Å². The number of carbonyl (C=O) groups excluding carboxylic acids is 2. The van der Waals surface area contributed by atoms with Crippen LogP contribution in [0, 0.1) is 0 Å². The summed E-state index contributed by atoms with van der Waals surface area (Å²) >= 11 is 0. The van der Waals surface area contributed by atoms with Crippen molar-refractivity contribution in [3.8, 4) is 0 Å². The normalized spacial score (nSPS) is 12.7. The first kappa shape index (κ1) is 63.3. The van der Waals surface area contributed by atoms with E-state index in [4.69, 9.17) is 14.2 Å². The summed E-state index contributed by atoms with van der Waals surface area (Å²) in [6.07, 6.45) is 73.6. The van der Waals surface area contributed by atoms with Gasteiger partial charge in [-0.25, -0.2) is 0 Å². The van der Waals surface area contributed by atoms with Crippen molar-refractivity contribution in [2.24, 2.45) is 0 Å². The highest BCUT2D eigenvalue weighted by Gasteiger charge is 2.17. The van der Waals surface area contributed by atoms with Crippen molar-refractivity contribution in [3.05, 3.63) is 72.9 Å². The zero-order valence-corrected chi connectivity index (χ0v) is 44.0. The maximum Gasteiger partial charge on any atom is 0.306 e. The molecule has 0 amide bonds. The quantitative estimate of drug-likeness (QED) is 0.0346. The molecule has 0 aliphatic heterocycles. The lowest BCUT2D eigenvalue weighted by atomic mass is 10.0. The third-order valence-corrected chi connectivity index (χ3v) is 12.2. The predicted octanol–water partition coefficient (Wildman–Crippen LogP) is 19.5. The van der Waals surface area contributed by atoms with Crippen LogP contribution in [0.5, 0.6) is 0 Å². The third kappa shape index (κ3) is 54.0. The van der Waals surface area contributed by atoms with Crippen LogP contribution in [-0.2, 0) is 23.8 Å². The van der Waals surface area contributed by atoms with Crippen LogP contribution in [0.2, 0.25) is 0 Å². The van der Waals surface area contributed by atoms with Crippen LogP contribution in [0.15, 0.2) is 72.9 Å². The number of unbranched alkanes of at least 4 members (excludes halogenated alkanes) is 29. The van der Waals surface area contributed by atoms with Crippen molar-refractivity contribution >= 4 is 11.9 Å². The van der Waals surface area contributed by atoms with Crippen molar-refractivity contribution in [2.45, 2.75) is 284 Å². The molecule has 382 valence electrons. The number of esters is 2. The second-order valence-corrected chi connectivity index (χ2v) is 18.8. The fourth-order valence-corrected chi connectivity index (χ4v) is 8.02. The van der Waals surface area contributed by atoms with Gasteiger partial charge < -0.3 is 14.2 Å². The number of hydrogen-bond donors (Lipinski definition) is 0. The Hall–Kier alpha value is -2.66. The van der Waals surface area contributed by atoms with E-state index in [9.17, 15) is 9.59 Å². The van der Waals surface area contributed by atoms with Gasteiger partial charge in [0.2, 0.25) is 0 Å². The van der Waals surface area contributed by atoms with Crippen LogP contribution >= 0.6 is 0 Å². The molecule has 0 fully saturated rings. The van der Waals surface area contributed by atoms with Gasteiger partial charge in [-0.2, -0.15) is 0 Å². The van der Waals surface area contributed by atoms with E-state index < -0.39 is 6.10 Å². The molecular weight excluding hydrogens is 813 g/mol. The van der Waals surface area contributed by atoms with Gasteiger partial charge >= 0.3 is 11.9 Å². The number of rotatable bonds is 52. The van der Waals surface area contributed by atoms with Crippen LogP contribution in [0.25, 0.3) is 0 Å². The fraction of sp³-hybridized carbons (Fsp3) is 0.770. The van der Waals surface area contributed by atoms with Gasteiger partial charge in [-0.05, 0) is 83.5 Å². The van der Waals surface area contributed by atoms with E-state index in [0.29, 0.717) is 19.4 Å². The van der Waals surface area contributed by atoms with E-state index in [1.165, 1.54) is 167 Å². The Morgan fingerprint density at radius 3 is 1.12 bits per heavy atom. The van der Waals surface area contributed by atoms with E-state index in [-0.39, 0.29) is 25.2 Å². The molecule has 0 rings (SSSR count). The fourth-order valence-electron chi connectivity index (χ4n) is 8.02. The molecule has 0 bridgehead atoms. The van der Waals surface area contributed by atoms with E-state index in [1.54, 1.807) is 0 Å². The van der Waals surface area contributed by atoms with E-state index in [1.807, 2.05) is 0 Å². The Morgan fingerprint density at radius 2 is 0.682 bits per heavy atom. The number of allylic oxidation sites excluding steroid dienone is 12. The van der Waals surface area contributed by atoms with Crippen LogP contribution in [0.4, 0.5) is 0 Å². The number of hydrogen-bond acceptors (Lipinski definition) is 5. The van der Waals surface area contributed by atoms with Crippen LogP contribution in [-0.4, -0.2) is 37.9 Å². The van der Waals surface area contributed by atoms with Gasteiger partial charge in [0.1, 0.15) is 6.61 Å². The first-order chi connectivity index (χ1) is 32.6. The Bertz CT molecular complexity index is 1180. The van der Waals surface area contributed by atoms with Gasteiger partial charge in [0.05, 0.1) is 6.61 Å². The molecular formula is C61H108O5. The van der Waals surface area contributed by atoms with Crippen molar-refractivity contribution in [1.82, 2.24) is 0 Å². The predicted molar refractivity (Wildman–Crippen MR) is 288 cm³/mol. The van der Waals surface area contributed by atoms with Gasteiger partial charge in [-0.15, -0.1) is 0 Å². The summed E-state index contributed by atoms with van der Waals surface area (Å²) in [6, 6.07) is 0. The summed E-state index contributed by atoms with van der Waals surface area (Å²) in [5, 5.41) is 0. The van der Waals surface area contributed by atoms with Gasteiger partial charge in [0, 0.05) is 19.4 Å². The average Bonchev–Trinajstić information content (AvgIpc) is 3.32. The summed E-state index contributed by atoms with van der Waals surface area (Å²) in [5.41, 5.74) is 0. The van der Waals surface area contributed by atoms with Gasteiger partial charge in [0.25, 0.3) is 0 Å². The molecule has 5 nitrogen and oxygen atoms in total. The maximum absolute atomic E-state index is 12.8. The lowest BCUT2D eigenvalue weighted by Gasteiger charge is -2.18. The van der Waals surface area contributed by atoms with Crippen LogP contribution in [0.1, 0.15) is 278 Å². The minimum Gasteiger partial charge on any atom is -0.462 e. The molecule has 0 heterocycles. The van der Waals surface area contributed by atoms with Crippen LogP contribution < -0.4 is 0 Å². The summed E-state index contributed by atoms with van der Waals surface area (Å²) in [6.45, 7) is 7.59. The van der Waals surface area contributed by atoms with Crippen LogP contribution in [0.3, 0.4) is 0 Å². The number of ether oxygens (including phenoxy) is 3. The lowest BCUT2D eigenvalue weighted by molar-refractivity contribution is -0.163. The highest BCUT2D eigenvalue weighted by molar-refractivity contribution is 5.70. The topological polar surface area (TPSA) is 61.8 Å². The zero-order valence-electron chi connectivity index (χ0n) is 44.0. The summed E-state index contributed by atoms with van der Waals surface area (Å²) in [5.74, 6) is -0.422. The zero-order chi connectivity index (χ0) is 47.7. The summed E-state index contributed by atoms with van der Waals surface area (Å²) in [7, 11) is 0. The second-order valence-electron chi connectivity index (χ2n) is 18.8. The molecule has 0 aliphatic rings. The largest absolute Gasteiger partial charge is 0.462 e. The van der Waals surface area contributed by atoms with Crippen molar-refractivity contribution < 1.29 is 23.8 Å². The molecule has 0 aliphatic carbocycles. The first-order valence-electron chi connectivity index (χ1n) is 28.5. The Morgan fingerprint density at radius 1 is 0.348 bits per heavy atom. The third-order valence-electron chi connectivity index (χ3n) is 12.2. The second kappa shape index (κ2) is 56.7. The highest BCUT2D eigenvalue weighted by atomic mass is 16.6. The number of carbonyl (C=O) groups is 2. The summed E-state index contributed by atoms with van der Waals surface area (Å²) < 4.78 is 17.4. The molecule has 0 saturated heterocycles. The van der Waals surface area contributed by atoms with Gasteiger partial charge in [0.15, 0.2) is 6.10 Å². The van der Waals surface area contributed by atoms with E-state index in [2.05, 4.69) is 93.7 Å². The molecule has 0 saturated carbocycles. The molecule has 0 radical (unpaired) electrons. The standard InChI is InChI=1S/C61H108O5/c1-4-7-10-13-16-19-22-25-28-30-31-33-34-36-39-42-45-48-51-54-60(62)65-58-59(57-64-56-53-50-47-44-41-38-27-24-21-18-15-12-9-6-3)66-61(63)55-52-49-46-43-40-37-35-32-29-26-23-20-17-14-11-8-5-2/h9,12,16,18-19,21,25,27-28,38,44,47,59H,4-8,10-11,13-15,17,20,22-24,26,29-37,39-43,45-46,48-58H2,1-3H3/b12-9-,19-16-,21-18-,28-25-,38-27-,47-44-. The lowest BCUT2D eigenvalue weighted by Crippen LogP contribution is -2.30. The molecule has 0 aromatic carbocycles. The minimum atomic E-state index is -0.567. The molecule has 0 spiro atoms. The SMILES string of the molecule is CC/C=C\C/C=C\C/C=C\C/C=C\CCCOCC(COC(=O)CCCCCCCCCCC/C=C\C/C=C\CCCCC)OC(=O)CCCCCCCCCCCCCCCCCCC. The van der Waals surface area contributed by atoms with E-state index in [0.717, 1.165) is 77.0 Å². The highest BCUT2D eigenvalue weighted by Crippen LogP contribution is 2.16. The monoisotopic (exact) mass is 921 g/mol. The molecule has 0 aromatic rings. The molecule has 5 heteroatoms. The average molecular weight is 922 g/mol. The first-order valence-corrected chi connectivity index (χ1v) is 28.5. The molecule has 0 N–H and O–H groups in total. The molecule has 1 atom stereocenters. The maximum atomic E-state index is 12.8. The minimum absolute atomic E-state index is 0.0620. The van der Waals surface area contributed by atoms with E-state index >= 15 is 0 Å². The Labute approximate surface area is 410 Å². The summed E-state index contributed by atoms with van der Waals surface area (Å²) in [4.78, 5) is 25.5. The smallest absolute Gasteiger partial charge is 0.306 e. The Balaban J connectivity index is 4.30. The van der Waals surface area contributed by atoms with Crippen molar-refractivity contribution in [1.29, 1.82) is 0 Å². The van der Waals surface area contributed by atoms with Gasteiger partial charge in [-0.1, -0.05) is 254 Å². The molecule has 0 aromatic heterocycles. The molecule has 1 unspecified atom stereocenters. The van der Waals surface area contributed by atoms with Crippen molar-refractivity contribution in [3.63, 3.8) is 0 Å². The molecule has 66 heavy (non-hydrogen) atoms. The van der Waals surface area contributed by atoms with Crippen molar-refractivity contribution in [2.75, 3.05) is 19.8 Å².